The zero-order chi connectivity index (χ0) is 12.3. The lowest BCUT2D eigenvalue weighted by molar-refractivity contribution is -0.122. The molecule has 0 atom stereocenters. The highest BCUT2D eigenvalue weighted by molar-refractivity contribution is 5.79. The minimum absolute atomic E-state index is 0.174. The quantitative estimate of drug-likeness (QED) is 0.800. The molecule has 0 aromatic carbocycles. The molecule has 0 unspecified atom stereocenters. The molecule has 96 valence electrons. The predicted molar refractivity (Wildman–Crippen MR) is 65.4 cm³/mol. The Hall–Kier alpha value is -0.900. The molecule has 0 spiro atoms. The molecule has 1 aliphatic heterocycles. The van der Waals surface area contributed by atoms with Crippen LogP contribution in [0.5, 0.6) is 0 Å². The second-order valence-electron chi connectivity index (χ2n) is 5.42. The molecule has 1 saturated heterocycles. The molecule has 1 saturated carbocycles. The number of hydrogen-bond donors (Lipinski definition) is 1. The van der Waals surface area contributed by atoms with Crippen LogP contribution < -0.4 is 5.73 Å². The summed E-state index contributed by atoms with van der Waals surface area (Å²) in [6, 6.07) is 0.599. The van der Waals surface area contributed by atoms with Crippen molar-refractivity contribution in [2.45, 2.75) is 51.0 Å². The number of carbonyl (C=O) groups is 2. The molecule has 1 aliphatic carbocycles. The number of amides is 1. The van der Waals surface area contributed by atoms with Crippen molar-refractivity contribution >= 4 is 11.7 Å². The number of nitrogens with zero attached hydrogens (tertiary/aromatic N) is 1. The third-order valence-corrected chi connectivity index (χ3v) is 4.17. The summed E-state index contributed by atoms with van der Waals surface area (Å²) in [4.78, 5) is 24.6. The lowest BCUT2D eigenvalue weighted by Crippen LogP contribution is -2.43. The van der Waals surface area contributed by atoms with E-state index < -0.39 is 0 Å². The Morgan fingerprint density at radius 1 is 1.18 bits per heavy atom. The van der Waals surface area contributed by atoms with E-state index in [0.29, 0.717) is 24.2 Å². The second kappa shape index (κ2) is 5.63. The fourth-order valence-corrected chi connectivity index (χ4v) is 3.10. The van der Waals surface area contributed by atoms with E-state index in [1.807, 2.05) is 0 Å². The molecule has 0 aromatic rings. The normalized spacial score (nSPS) is 25.1. The minimum Gasteiger partial charge on any atom is -0.370 e. The molecule has 2 aliphatic rings. The fraction of sp³-hybridized carbons (Fsp3) is 0.846. The maximum atomic E-state index is 11.2. The van der Waals surface area contributed by atoms with E-state index in [4.69, 9.17) is 5.73 Å². The van der Waals surface area contributed by atoms with Gasteiger partial charge < -0.3 is 10.6 Å². The van der Waals surface area contributed by atoms with Gasteiger partial charge in [-0.1, -0.05) is 0 Å². The summed E-state index contributed by atoms with van der Waals surface area (Å²) >= 11 is 0. The number of ketones is 1. The first-order valence-corrected chi connectivity index (χ1v) is 6.69. The van der Waals surface area contributed by atoms with Crippen LogP contribution >= 0.6 is 0 Å². The number of nitrogens with two attached hydrogens (primary N) is 1. The van der Waals surface area contributed by atoms with E-state index in [1.165, 1.54) is 0 Å². The standard InChI is InChI=1S/C13H22N2O2/c14-13(17)9-10-5-7-15(8-6-10)11-1-3-12(16)4-2-11/h10-11H,1-9H2,(H2,14,17). The second-order valence-corrected chi connectivity index (χ2v) is 5.42. The van der Waals surface area contributed by atoms with Gasteiger partial charge in [0.2, 0.25) is 5.91 Å². The van der Waals surface area contributed by atoms with Gasteiger partial charge in [0.1, 0.15) is 5.78 Å². The molecule has 4 nitrogen and oxygen atoms in total. The van der Waals surface area contributed by atoms with E-state index in [-0.39, 0.29) is 5.91 Å². The highest BCUT2D eigenvalue weighted by Crippen LogP contribution is 2.27. The zero-order valence-electron chi connectivity index (χ0n) is 10.4. The highest BCUT2D eigenvalue weighted by Gasteiger charge is 2.28. The maximum Gasteiger partial charge on any atom is 0.217 e. The third kappa shape index (κ3) is 3.53. The monoisotopic (exact) mass is 238 g/mol. The summed E-state index contributed by atoms with van der Waals surface area (Å²) in [6.07, 6.45) is 6.26. The van der Waals surface area contributed by atoms with Crippen molar-refractivity contribution in [1.29, 1.82) is 0 Å². The summed E-state index contributed by atoms with van der Waals surface area (Å²) in [6.45, 7) is 2.13. The number of hydrogen-bond acceptors (Lipinski definition) is 3. The molecule has 17 heavy (non-hydrogen) atoms. The average molecular weight is 238 g/mol. The number of likely N-dealkylation sites (tertiary alicyclic amines) is 1. The van der Waals surface area contributed by atoms with Crippen molar-refractivity contribution in [2.24, 2.45) is 11.7 Å². The van der Waals surface area contributed by atoms with Crippen LogP contribution in [0.4, 0.5) is 0 Å². The van der Waals surface area contributed by atoms with Crippen LogP contribution in [0.3, 0.4) is 0 Å². The Kier molecular flexibility index (Phi) is 4.15. The molecule has 1 amide bonds. The number of carbonyl (C=O) groups excluding carboxylic acids is 2. The average Bonchev–Trinajstić information content (AvgIpc) is 2.30. The molecular weight excluding hydrogens is 216 g/mol. The van der Waals surface area contributed by atoms with Gasteiger partial charge in [0.05, 0.1) is 0 Å². The van der Waals surface area contributed by atoms with Gasteiger partial charge in [0.15, 0.2) is 0 Å². The number of Topliss-reactive ketones (excluding diaryl/α,β-unsaturated/α-hetero) is 1. The van der Waals surface area contributed by atoms with Crippen LogP contribution in [0.25, 0.3) is 0 Å². The maximum absolute atomic E-state index is 11.2. The van der Waals surface area contributed by atoms with Gasteiger partial charge in [-0.05, 0) is 44.7 Å². The third-order valence-electron chi connectivity index (χ3n) is 4.17. The van der Waals surface area contributed by atoms with E-state index in [2.05, 4.69) is 4.90 Å². The van der Waals surface area contributed by atoms with Crippen LogP contribution in [-0.2, 0) is 9.59 Å². The molecule has 4 heteroatoms. The van der Waals surface area contributed by atoms with Crippen LogP contribution in [0.2, 0.25) is 0 Å². The lowest BCUT2D eigenvalue weighted by atomic mass is 9.88. The zero-order valence-corrected chi connectivity index (χ0v) is 10.4. The summed E-state index contributed by atoms with van der Waals surface area (Å²) in [5.41, 5.74) is 5.23. The SMILES string of the molecule is NC(=O)CC1CCN(C2CCC(=O)CC2)CC1. The van der Waals surface area contributed by atoms with Gasteiger partial charge in [-0.15, -0.1) is 0 Å². The van der Waals surface area contributed by atoms with Crippen LogP contribution in [0, 0.1) is 5.92 Å². The first-order chi connectivity index (χ1) is 8.15. The van der Waals surface area contributed by atoms with Crippen molar-refractivity contribution in [2.75, 3.05) is 13.1 Å². The summed E-state index contributed by atoms with van der Waals surface area (Å²) in [5, 5.41) is 0. The smallest absolute Gasteiger partial charge is 0.217 e. The van der Waals surface area contributed by atoms with Crippen LogP contribution in [0.1, 0.15) is 44.9 Å². The molecule has 0 radical (unpaired) electrons. The summed E-state index contributed by atoms with van der Waals surface area (Å²) < 4.78 is 0. The Morgan fingerprint density at radius 2 is 1.76 bits per heavy atom. The molecule has 2 N–H and O–H groups in total. The molecule has 1 heterocycles. The Labute approximate surface area is 103 Å². The highest BCUT2D eigenvalue weighted by atomic mass is 16.1. The topological polar surface area (TPSA) is 63.4 Å². The van der Waals surface area contributed by atoms with Crippen molar-refractivity contribution in [3.8, 4) is 0 Å². The van der Waals surface area contributed by atoms with Gasteiger partial charge in [-0.25, -0.2) is 0 Å². The van der Waals surface area contributed by atoms with E-state index in [9.17, 15) is 9.59 Å². The van der Waals surface area contributed by atoms with Gasteiger partial charge in [-0.2, -0.15) is 0 Å². The Bertz CT molecular complexity index is 286. The van der Waals surface area contributed by atoms with Gasteiger partial charge >= 0.3 is 0 Å². The van der Waals surface area contributed by atoms with Crippen LogP contribution in [-0.4, -0.2) is 35.7 Å². The van der Waals surface area contributed by atoms with Crippen molar-refractivity contribution in [3.05, 3.63) is 0 Å². The number of rotatable bonds is 3. The number of primary amides is 1. The largest absolute Gasteiger partial charge is 0.370 e. The van der Waals surface area contributed by atoms with E-state index in [1.54, 1.807) is 0 Å². The minimum atomic E-state index is -0.174. The first kappa shape index (κ1) is 12.6. The van der Waals surface area contributed by atoms with Gasteiger partial charge in [0, 0.05) is 25.3 Å². The van der Waals surface area contributed by atoms with E-state index >= 15 is 0 Å². The summed E-state index contributed by atoms with van der Waals surface area (Å²) in [5.74, 6) is 0.727. The number of piperidine rings is 1. The fourth-order valence-electron chi connectivity index (χ4n) is 3.10. The molecule has 2 fully saturated rings. The molecule has 0 aromatic heterocycles. The first-order valence-electron chi connectivity index (χ1n) is 6.69. The lowest BCUT2D eigenvalue weighted by Gasteiger charge is -2.38. The molecular formula is C13H22N2O2. The van der Waals surface area contributed by atoms with Gasteiger partial charge in [0.25, 0.3) is 0 Å². The van der Waals surface area contributed by atoms with Crippen molar-refractivity contribution in [1.82, 2.24) is 4.90 Å². The Morgan fingerprint density at radius 3 is 2.29 bits per heavy atom. The summed E-state index contributed by atoms with van der Waals surface area (Å²) in [7, 11) is 0. The Balaban J connectivity index is 1.75. The van der Waals surface area contributed by atoms with Crippen molar-refractivity contribution in [3.63, 3.8) is 0 Å². The van der Waals surface area contributed by atoms with Crippen LogP contribution in [0.15, 0.2) is 0 Å². The molecule has 0 bridgehead atoms. The molecule has 2 rings (SSSR count). The van der Waals surface area contributed by atoms with Gasteiger partial charge in [-0.3, -0.25) is 9.59 Å². The van der Waals surface area contributed by atoms with Crippen molar-refractivity contribution < 1.29 is 9.59 Å². The predicted octanol–water partition coefficient (Wildman–Crippen LogP) is 1.09. The van der Waals surface area contributed by atoms with E-state index in [0.717, 1.165) is 51.6 Å².